The fourth-order valence-electron chi connectivity index (χ4n) is 4.04. The first kappa shape index (κ1) is 15.8. The van der Waals surface area contributed by atoms with Crippen molar-refractivity contribution in [2.24, 2.45) is 0 Å². The van der Waals surface area contributed by atoms with Gasteiger partial charge in [0, 0.05) is 16.6 Å². The van der Waals surface area contributed by atoms with Crippen LogP contribution >= 0.6 is 0 Å². The molecule has 1 heterocycles. The van der Waals surface area contributed by atoms with E-state index >= 15 is 0 Å². The second-order valence-electron chi connectivity index (χ2n) is 6.54. The maximum Gasteiger partial charge on any atom is 0.337 e. The molecule has 4 nitrogen and oxygen atoms in total. The topological polar surface area (TPSA) is 51.5 Å². The summed E-state index contributed by atoms with van der Waals surface area (Å²) in [5.41, 5.74) is 4.88. The van der Waals surface area contributed by atoms with Crippen LogP contribution in [0, 0.1) is 0 Å². The lowest BCUT2D eigenvalue weighted by Crippen LogP contribution is -2.11. The van der Waals surface area contributed by atoms with Crippen LogP contribution in [0.5, 0.6) is 5.75 Å². The monoisotopic (exact) mass is 335 g/mol. The van der Waals surface area contributed by atoms with E-state index in [4.69, 9.17) is 4.74 Å². The molecule has 0 fully saturated rings. The molecule has 3 aromatic rings. The van der Waals surface area contributed by atoms with Gasteiger partial charge in [0.05, 0.1) is 24.7 Å². The van der Waals surface area contributed by atoms with Gasteiger partial charge in [0.1, 0.15) is 5.75 Å². The molecule has 4 heteroatoms. The Hall–Kier alpha value is -2.75. The molecule has 2 aromatic carbocycles. The Kier molecular flexibility index (Phi) is 3.96. The zero-order valence-corrected chi connectivity index (χ0v) is 14.3. The van der Waals surface area contributed by atoms with Crippen molar-refractivity contribution >= 4 is 16.9 Å². The molecular weight excluding hydrogens is 314 g/mol. The molecule has 0 spiro atoms. The van der Waals surface area contributed by atoms with E-state index in [0.717, 1.165) is 47.9 Å². The number of nitrogens with zero attached hydrogens (tertiary/aromatic N) is 1. The molecule has 1 N–H and O–H groups in total. The summed E-state index contributed by atoms with van der Waals surface area (Å²) >= 11 is 0. The Morgan fingerprint density at radius 2 is 1.92 bits per heavy atom. The van der Waals surface area contributed by atoms with Crippen molar-refractivity contribution in [1.29, 1.82) is 0 Å². The Labute approximate surface area is 146 Å². The summed E-state index contributed by atoms with van der Waals surface area (Å²) in [5, 5.41) is 10.8. The molecule has 0 atom stereocenters. The molecule has 4 rings (SSSR count). The summed E-state index contributed by atoms with van der Waals surface area (Å²) in [4.78, 5) is 11.8. The van der Waals surface area contributed by atoms with Crippen molar-refractivity contribution in [3.63, 3.8) is 0 Å². The number of methoxy groups -OCH3 is 1. The van der Waals surface area contributed by atoms with Crippen LogP contribution in [-0.2, 0) is 19.4 Å². The third-order valence-corrected chi connectivity index (χ3v) is 5.15. The average Bonchev–Trinajstić information content (AvgIpc) is 2.96. The van der Waals surface area contributed by atoms with Crippen LogP contribution in [0.15, 0.2) is 42.5 Å². The number of hydrogen-bond acceptors (Lipinski definition) is 2. The van der Waals surface area contributed by atoms with Gasteiger partial charge in [-0.25, -0.2) is 4.79 Å². The quantitative estimate of drug-likeness (QED) is 0.774. The maximum atomic E-state index is 11.8. The molecule has 0 saturated carbocycles. The molecule has 0 saturated heterocycles. The van der Waals surface area contributed by atoms with Crippen LogP contribution in [0.4, 0.5) is 0 Å². The van der Waals surface area contributed by atoms with E-state index in [9.17, 15) is 9.90 Å². The van der Waals surface area contributed by atoms with Gasteiger partial charge in [0.25, 0.3) is 0 Å². The van der Waals surface area contributed by atoms with Gasteiger partial charge < -0.3 is 14.4 Å². The van der Waals surface area contributed by atoms with Gasteiger partial charge in [-0.1, -0.05) is 30.3 Å². The van der Waals surface area contributed by atoms with E-state index in [1.54, 1.807) is 13.2 Å². The number of carboxylic acids is 1. The molecular formula is C21H21NO3. The Morgan fingerprint density at radius 3 is 2.72 bits per heavy atom. The summed E-state index contributed by atoms with van der Waals surface area (Å²) in [6.07, 6.45) is 4.34. The molecule has 1 aliphatic rings. The van der Waals surface area contributed by atoms with E-state index in [1.165, 1.54) is 11.3 Å². The number of carbonyl (C=O) groups is 1. The molecule has 128 valence electrons. The zero-order chi connectivity index (χ0) is 17.4. The lowest BCUT2D eigenvalue weighted by atomic mass is 9.95. The fraction of sp³-hybridized carbons (Fsp3) is 0.286. The van der Waals surface area contributed by atoms with Crippen molar-refractivity contribution in [1.82, 2.24) is 4.57 Å². The van der Waals surface area contributed by atoms with Gasteiger partial charge in [-0.05, 0) is 43.4 Å². The highest BCUT2D eigenvalue weighted by atomic mass is 16.5. The van der Waals surface area contributed by atoms with Crippen LogP contribution in [0.25, 0.3) is 10.9 Å². The van der Waals surface area contributed by atoms with Crippen LogP contribution in [-0.4, -0.2) is 22.8 Å². The number of hydrogen-bond donors (Lipinski definition) is 1. The predicted molar refractivity (Wildman–Crippen MR) is 97.6 cm³/mol. The molecule has 1 aliphatic carbocycles. The zero-order valence-electron chi connectivity index (χ0n) is 14.3. The largest absolute Gasteiger partial charge is 0.496 e. The Morgan fingerprint density at radius 1 is 1.12 bits per heavy atom. The van der Waals surface area contributed by atoms with Gasteiger partial charge in [0.15, 0.2) is 0 Å². The summed E-state index contributed by atoms with van der Waals surface area (Å²) in [5.74, 6) is -0.0385. The van der Waals surface area contributed by atoms with E-state index in [0.29, 0.717) is 12.1 Å². The molecule has 0 aliphatic heterocycles. The number of fused-ring (bicyclic) bond motifs is 3. The van der Waals surface area contributed by atoms with Crippen molar-refractivity contribution in [2.45, 2.75) is 32.2 Å². The number of para-hydroxylation sites is 2. The highest BCUT2D eigenvalue weighted by Gasteiger charge is 2.24. The third kappa shape index (κ3) is 2.58. The Balaban J connectivity index is 1.97. The number of aromatic nitrogens is 1. The molecule has 0 unspecified atom stereocenters. The number of aryl methyl sites for hydroxylation is 1. The standard InChI is InChI=1S/C21H21NO3/c1-25-19-12-5-2-7-14(19)13-22-18-11-4-3-8-15(18)16-9-6-10-17(20(16)22)21(23)24/h2,5-7,9-10,12H,3-4,8,11,13H2,1H3,(H,23,24). The van der Waals surface area contributed by atoms with Crippen LogP contribution < -0.4 is 4.74 Å². The van der Waals surface area contributed by atoms with E-state index < -0.39 is 5.97 Å². The smallest absolute Gasteiger partial charge is 0.337 e. The summed E-state index contributed by atoms with van der Waals surface area (Å²) in [6, 6.07) is 13.6. The summed E-state index contributed by atoms with van der Waals surface area (Å²) in [6.45, 7) is 0.625. The SMILES string of the molecule is COc1ccccc1Cn1c2c(c3cccc(C(=O)O)c31)CCCC2. The molecule has 1 aromatic heterocycles. The second-order valence-corrected chi connectivity index (χ2v) is 6.54. The number of carboxylic acid groups (broad SMARTS) is 1. The van der Waals surface area contributed by atoms with E-state index in [-0.39, 0.29) is 0 Å². The minimum atomic E-state index is -0.873. The molecule has 25 heavy (non-hydrogen) atoms. The number of aromatic carboxylic acids is 1. The van der Waals surface area contributed by atoms with Gasteiger partial charge in [-0.2, -0.15) is 0 Å². The van der Waals surface area contributed by atoms with E-state index in [2.05, 4.69) is 10.6 Å². The van der Waals surface area contributed by atoms with Crippen LogP contribution in [0.1, 0.15) is 40.0 Å². The lowest BCUT2D eigenvalue weighted by Gasteiger charge is -2.17. The molecule has 0 radical (unpaired) electrons. The third-order valence-electron chi connectivity index (χ3n) is 5.15. The van der Waals surface area contributed by atoms with Crippen molar-refractivity contribution < 1.29 is 14.6 Å². The van der Waals surface area contributed by atoms with Gasteiger partial charge in [-0.3, -0.25) is 0 Å². The first-order valence-electron chi connectivity index (χ1n) is 8.69. The number of rotatable bonds is 4. The lowest BCUT2D eigenvalue weighted by molar-refractivity contribution is 0.0698. The number of ether oxygens (including phenoxy) is 1. The first-order valence-corrected chi connectivity index (χ1v) is 8.69. The van der Waals surface area contributed by atoms with Crippen LogP contribution in [0.3, 0.4) is 0 Å². The molecule has 0 amide bonds. The maximum absolute atomic E-state index is 11.8. The predicted octanol–water partition coefficient (Wildman–Crippen LogP) is 4.28. The summed E-state index contributed by atoms with van der Waals surface area (Å²) < 4.78 is 7.70. The second kappa shape index (κ2) is 6.28. The van der Waals surface area contributed by atoms with Gasteiger partial charge >= 0.3 is 5.97 Å². The molecule has 0 bridgehead atoms. The Bertz CT molecular complexity index is 955. The van der Waals surface area contributed by atoms with Crippen molar-refractivity contribution in [2.75, 3.05) is 7.11 Å². The highest BCUT2D eigenvalue weighted by molar-refractivity contribution is 6.04. The average molecular weight is 335 g/mol. The summed E-state index contributed by atoms with van der Waals surface area (Å²) in [7, 11) is 1.67. The van der Waals surface area contributed by atoms with Crippen molar-refractivity contribution in [3.8, 4) is 5.75 Å². The number of benzene rings is 2. The minimum Gasteiger partial charge on any atom is -0.496 e. The van der Waals surface area contributed by atoms with E-state index in [1.807, 2.05) is 30.3 Å². The fourth-order valence-corrected chi connectivity index (χ4v) is 4.04. The first-order chi connectivity index (χ1) is 12.2. The normalized spacial score (nSPS) is 13.6. The minimum absolute atomic E-state index is 0.377. The van der Waals surface area contributed by atoms with Crippen LogP contribution in [0.2, 0.25) is 0 Å². The van der Waals surface area contributed by atoms with Gasteiger partial charge in [0.2, 0.25) is 0 Å². The van der Waals surface area contributed by atoms with Gasteiger partial charge in [-0.15, -0.1) is 0 Å². The highest BCUT2D eigenvalue weighted by Crippen LogP contribution is 2.35. The van der Waals surface area contributed by atoms with Crippen molar-refractivity contribution in [3.05, 3.63) is 64.8 Å².